The van der Waals surface area contributed by atoms with E-state index in [1.165, 1.54) is 0 Å². The molecule has 0 heterocycles. The Hall–Kier alpha value is -0.680. The van der Waals surface area contributed by atoms with Crippen LogP contribution in [0.3, 0.4) is 0 Å². The maximum Gasteiger partial charge on any atom is 0.405 e. The Morgan fingerprint density at radius 2 is 2.30 bits per heavy atom. The van der Waals surface area contributed by atoms with Crippen LogP contribution in [-0.2, 0) is 4.74 Å². The van der Waals surface area contributed by atoms with E-state index in [9.17, 15) is 4.79 Å². The number of hydrogen-bond donors (Lipinski definition) is 0. The topological polar surface area (TPSA) is 26.3 Å². The highest BCUT2D eigenvalue weighted by atomic mass is 35.5. The third kappa shape index (κ3) is 1.25. The summed E-state index contributed by atoms with van der Waals surface area (Å²) in [5.41, 5.74) is -1.48. The fourth-order valence-electron chi connectivity index (χ4n) is 0.927. The van der Waals surface area contributed by atoms with Gasteiger partial charge >= 0.3 is 5.43 Å². The Bertz CT molecular complexity index is 188. The van der Waals surface area contributed by atoms with E-state index in [0.29, 0.717) is 0 Å². The Morgan fingerprint density at radius 1 is 1.70 bits per heavy atom. The first kappa shape index (κ1) is 7.43. The molecule has 1 rings (SSSR count). The number of hydrogen-bond acceptors (Lipinski definition) is 2. The van der Waals surface area contributed by atoms with Gasteiger partial charge in [0.05, 0.1) is 0 Å². The average Bonchev–Trinajstić information content (AvgIpc) is 1.78. The molecule has 3 heteroatoms. The molecule has 10 heavy (non-hydrogen) atoms. The summed E-state index contributed by atoms with van der Waals surface area (Å²) in [5.74, 6) is 2.42. The summed E-state index contributed by atoms with van der Waals surface area (Å²) in [6.45, 7) is 0. The lowest BCUT2D eigenvalue weighted by Gasteiger charge is -2.34. The van der Waals surface area contributed by atoms with Crippen molar-refractivity contribution in [2.75, 3.05) is 0 Å². The highest BCUT2D eigenvalue weighted by Crippen LogP contribution is 2.35. The van der Waals surface area contributed by atoms with Gasteiger partial charge in [-0.1, -0.05) is 5.92 Å². The van der Waals surface area contributed by atoms with Gasteiger partial charge in [0.1, 0.15) is 0 Å². The van der Waals surface area contributed by atoms with Gasteiger partial charge in [-0.25, -0.2) is 4.79 Å². The fourth-order valence-corrected chi connectivity index (χ4v) is 1.08. The zero-order valence-corrected chi connectivity index (χ0v) is 6.15. The number of carbonyl (C=O) groups excluding carboxylic acids is 1. The minimum atomic E-state index is -0.808. The van der Waals surface area contributed by atoms with Gasteiger partial charge in [0.25, 0.3) is 0 Å². The molecule has 0 spiro atoms. The highest BCUT2D eigenvalue weighted by Gasteiger charge is 2.38. The summed E-state index contributed by atoms with van der Waals surface area (Å²) in [5, 5.41) is 0. The Morgan fingerprint density at radius 3 is 2.40 bits per heavy atom. The summed E-state index contributed by atoms with van der Waals surface area (Å²) in [4.78, 5) is 10.3. The molecular formula is C7H7ClO2. The standard InChI is InChI=1S/C7H7ClO2/c1-2-7(4-3-5-7)10-6(8)9/h1H,3-5H2. The van der Waals surface area contributed by atoms with E-state index in [0.717, 1.165) is 19.3 Å². The summed E-state index contributed by atoms with van der Waals surface area (Å²) in [6, 6.07) is 0. The van der Waals surface area contributed by atoms with Gasteiger partial charge in [-0.05, 0) is 19.3 Å². The molecule has 0 saturated heterocycles. The molecule has 0 aromatic rings. The Kier molecular flexibility index (Phi) is 1.87. The number of terminal acetylenes is 1. The molecule has 1 aliphatic carbocycles. The first-order chi connectivity index (χ1) is 4.68. The molecular weight excluding hydrogens is 152 g/mol. The van der Waals surface area contributed by atoms with Crippen LogP contribution in [-0.4, -0.2) is 11.0 Å². The summed E-state index contributed by atoms with van der Waals surface area (Å²) in [6.07, 6.45) is 7.62. The van der Waals surface area contributed by atoms with Crippen molar-refractivity contribution in [1.82, 2.24) is 0 Å². The second-order valence-corrected chi connectivity index (χ2v) is 2.64. The lowest BCUT2D eigenvalue weighted by atomic mass is 9.81. The van der Waals surface area contributed by atoms with Gasteiger partial charge in [0, 0.05) is 11.6 Å². The van der Waals surface area contributed by atoms with Gasteiger partial charge in [-0.2, -0.15) is 0 Å². The van der Waals surface area contributed by atoms with E-state index in [1.54, 1.807) is 0 Å². The zero-order chi connectivity index (χ0) is 7.61. The molecule has 1 fully saturated rings. The van der Waals surface area contributed by atoms with Gasteiger partial charge < -0.3 is 4.74 Å². The van der Waals surface area contributed by atoms with Crippen LogP contribution in [0.4, 0.5) is 4.79 Å². The molecule has 54 valence electrons. The number of ether oxygens (including phenoxy) is 1. The molecule has 2 nitrogen and oxygen atoms in total. The predicted octanol–water partition coefficient (Wildman–Crippen LogP) is 1.92. The van der Waals surface area contributed by atoms with Gasteiger partial charge in [-0.15, -0.1) is 6.42 Å². The van der Waals surface area contributed by atoms with Crippen molar-refractivity contribution < 1.29 is 9.53 Å². The van der Waals surface area contributed by atoms with Crippen LogP contribution in [0.25, 0.3) is 0 Å². The molecule has 0 radical (unpaired) electrons. The summed E-state index contributed by atoms with van der Waals surface area (Å²) < 4.78 is 4.71. The number of halogens is 1. The average molecular weight is 159 g/mol. The van der Waals surface area contributed by atoms with Crippen LogP contribution >= 0.6 is 11.6 Å². The normalized spacial score (nSPS) is 20.4. The minimum absolute atomic E-state index is 0.668. The van der Waals surface area contributed by atoms with Crippen molar-refractivity contribution in [1.29, 1.82) is 0 Å². The van der Waals surface area contributed by atoms with Crippen molar-refractivity contribution in [3.63, 3.8) is 0 Å². The smallest absolute Gasteiger partial charge is 0.405 e. The molecule has 0 aromatic heterocycles. The Labute approximate surface area is 64.5 Å². The van der Waals surface area contributed by atoms with Gasteiger partial charge in [0.15, 0.2) is 5.60 Å². The van der Waals surface area contributed by atoms with Crippen molar-refractivity contribution in [2.45, 2.75) is 24.9 Å². The fraction of sp³-hybridized carbons (Fsp3) is 0.571. The predicted molar refractivity (Wildman–Crippen MR) is 37.7 cm³/mol. The van der Waals surface area contributed by atoms with Crippen molar-refractivity contribution in [3.05, 3.63) is 0 Å². The maximum atomic E-state index is 10.3. The molecule has 1 aliphatic rings. The third-order valence-electron chi connectivity index (χ3n) is 1.70. The van der Waals surface area contributed by atoms with E-state index < -0.39 is 11.0 Å². The van der Waals surface area contributed by atoms with Crippen LogP contribution in [0.15, 0.2) is 0 Å². The van der Waals surface area contributed by atoms with Crippen LogP contribution in [0.1, 0.15) is 19.3 Å². The molecule has 0 aliphatic heterocycles. The van der Waals surface area contributed by atoms with Crippen LogP contribution in [0.5, 0.6) is 0 Å². The molecule has 0 N–H and O–H groups in total. The largest absolute Gasteiger partial charge is 0.434 e. The highest BCUT2D eigenvalue weighted by molar-refractivity contribution is 6.61. The van der Waals surface area contributed by atoms with Crippen molar-refractivity contribution in [2.24, 2.45) is 0 Å². The first-order valence-corrected chi connectivity index (χ1v) is 3.43. The number of rotatable bonds is 1. The minimum Gasteiger partial charge on any atom is -0.434 e. The first-order valence-electron chi connectivity index (χ1n) is 3.05. The van der Waals surface area contributed by atoms with E-state index in [2.05, 4.69) is 5.92 Å². The maximum absolute atomic E-state index is 10.3. The van der Waals surface area contributed by atoms with E-state index >= 15 is 0 Å². The second-order valence-electron chi connectivity index (χ2n) is 2.33. The van der Waals surface area contributed by atoms with E-state index in [4.69, 9.17) is 22.8 Å². The third-order valence-corrected chi connectivity index (χ3v) is 1.78. The SMILES string of the molecule is C#CC1(OC(=O)Cl)CCC1. The van der Waals surface area contributed by atoms with E-state index in [-0.39, 0.29) is 0 Å². The number of carbonyl (C=O) groups is 1. The van der Waals surface area contributed by atoms with Gasteiger partial charge in [-0.3, -0.25) is 0 Å². The lowest BCUT2D eigenvalue weighted by molar-refractivity contribution is 0.0135. The second kappa shape index (κ2) is 2.51. The summed E-state index contributed by atoms with van der Waals surface area (Å²) in [7, 11) is 0. The molecule has 0 bridgehead atoms. The monoisotopic (exact) mass is 158 g/mol. The molecule has 0 atom stereocenters. The molecule has 0 aromatic carbocycles. The quantitative estimate of drug-likeness (QED) is 0.431. The molecule has 0 unspecified atom stereocenters. The van der Waals surface area contributed by atoms with Crippen LogP contribution in [0, 0.1) is 12.3 Å². The molecule has 1 saturated carbocycles. The zero-order valence-electron chi connectivity index (χ0n) is 5.39. The Balaban J connectivity index is 2.51. The van der Waals surface area contributed by atoms with Crippen LogP contribution in [0.2, 0.25) is 0 Å². The lowest BCUT2D eigenvalue weighted by Crippen LogP contribution is -2.39. The molecule has 0 amide bonds. The van der Waals surface area contributed by atoms with Crippen LogP contribution < -0.4 is 0 Å². The van der Waals surface area contributed by atoms with E-state index in [1.807, 2.05) is 0 Å². The van der Waals surface area contributed by atoms with Crippen molar-refractivity contribution >= 4 is 17.0 Å². The van der Waals surface area contributed by atoms with Crippen molar-refractivity contribution in [3.8, 4) is 12.3 Å². The van der Waals surface area contributed by atoms with Gasteiger partial charge in [0.2, 0.25) is 0 Å². The summed E-state index contributed by atoms with van der Waals surface area (Å²) >= 11 is 5.00.